The minimum absolute atomic E-state index is 0. The molecule has 0 aliphatic heterocycles. The van der Waals surface area contributed by atoms with Crippen molar-refractivity contribution in [3.8, 4) is 0 Å². The Morgan fingerprint density at radius 1 is 1.53 bits per heavy atom. The zero-order valence-corrected chi connectivity index (χ0v) is 12.9. The van der Waals surface area contributed by atoms with Crippen molar-refractivity contribution in [3.05, 3.63) is 38.9 Å². The van der Waals surface area contributed by atoms with Gasteiger partial charge >= 0.3 is 0 Å². The van der Waals surface area contributed by atoms with Crippen molar-refractivity contribution in [2.24, 2.45) is 0 Å². The van der Waals surface area contributed by atoms with Gasteiger partial charge < -0.3 is 10.2 Å². The number of nitro groups is 1. The SMILES string of the molecule is CN(C)CCNC(=S)c1ccc(Cl)cc1[N+](=O)[O-].Cl. The predicted molar refractivity (Wildman–Crippen MR) is 83.6 cm³/mol. The summed E-state index contributed by atoms with van der Waals surface area (Å²) in [6, 6.07) is 4.45. The first-order valence-corrected chi connectivity index (χ1v) is 6.07. The molecular formula is C11H15Cl2N3O2S. The maximum atomic E-state index is 10.9. The summed E-state index contributed by atoms with van der Waals surface area (Å²) in [6.45, 7) is 1.42. The van der Waals surface area contributed by atoms with Crippen molar-refractivity contribution in [1.29, 1.82) is 0 Å². The average molecular weight is 324 g/mol. The van der Waals surface area contributed by atoms with Crippen LogP contribution in [0.5, 0.6) is 0 Å². The second-order valence-electron chi connectivity index (χ2n) is 3.98. The van der Waals surface area contributed by atoms with E-state index in [0.717, 1.165) is 6.54 Å². The molecule has 0 fully saturated rings. The third-order valence-electron chi connectivity index (χ3n) is 2.25. The Hall–Kier alpha value is -0.950. The minimum Gasteiger partial charge on any atom is -0.374 e. The number of rotatable bonds is 5. The summed E-state index contributed by atoms with van der Waals surface area (Å²) < 4.78 is 0. The first-order chi connectivity index (χ1) is 8.41. The molecule has 5 nitrogen and oxygen atoms in total. The Balaban J connectivity index is 0.00000324. The molecule has 1 N–H and O–H groups in total. The average Bonchev–Trinajstić information content (AvgIpc) is 2.28. The molecule has 0 saturated carbocycles. The highest BCUT2D eigenvalue weighted by Crippen LogP contribution is 2.23. The highest BCUT2D eigenvalue weighted by atomic mass is 35.5. The van der Waals surface area contributed by atoms with Gasteiger partial charge in [0.15, 0.2) is 0 Å². The summed E-state index contributed by atoms with van der Waals surface area (Å²) in [7, 11) is 3.88. The second kappa shape index (κ2) is 8.27. The van der Waals surface area contributed by atoms with Gasteiger partial charge in [0.1, 0.15) is 4.99 Å². The molecule has 0 aliphatic carbocycles. The lowest BCUT2D eigenvalue weighted by molar-refractivity contribution is -0.385. The summed E-state index contributed by atoms with van der Waals surface area (Å²) in [5, 5.41) is 14.2. The molecule has 1 aromatic carbocycles. The highest BCUT2D eigenvalue weighted by Gasteiger charge is 2.17. The first kappa shape index (κ1) is 18.0. The van der Waals surface area contributed by atoms with E-state index in [4.69, 9.17) is 23.8 Å². The Morgan fingerprint density at radius 2 is 2.16 bits per heavy atom. The zero-order valence-electron chi connectivity index (χ0n) is 10.6. The summed E-state index contributed by atoms with van der Waals surface area (Å²) in [4.78, 5) is 12.8. The lowest BCUT2D eigenvalue weighted by Crippen LogP contribution is -2.31. The van der Waals surface area contributed by atoms with Gasteiger partial charge in [-0.15, -0.1) is 12.4 Å². The van der Waals surface area contributed by atoms with Crippen LogP contribution < -0.4 is 5.32 Å². The van der Waals surface area contributed by atoms with Crippen LogP contribution in [0.1, 0.15) is 5.56 Å². The van der Waals surface area contributed by atoms with E-state index in [9.17, 15) is 10.1 Å². The van der Waals surface area contributed by atoms with E-state index in [2.05, 4.69) is 5.32 Å². The lowest BCUT2D eigenvalue weighted by atomic mass is 10.2. The molecule has 0 unspecified atom stereocenters. The molecule has 1 aromatic rings. The van der Waals surface area contributed by atoms with Crippen molar-refractivity contribution in [3.63, 3.8) is 0 Å². The smallest absolute Gasteiger partial charge is 0.281 e. The molecule has 0 saturated heterocycles. The fraction of sp³-hybridized carbons (Fsp3) is 0.364. The van der Waals surface area contributed by atoms with Gasteiger partial charge in [-0.25, -0.2) is 0 Å². The molecule has 1 rings (SSSR count). The lowest BCUT2D eigenvalue weighted by Gasteiger charge is -2.12. The fourth-order valence-corrected chi connectivity index (χ4v) is 1.78. The van der Waals surface area contributed by atoms with Crippen molar-refractivity contribution in [1.82, 2.24) is 10.2 Å². The Bertz CT molecular complexity index is 469. The number of nitrogens with one attached hydrogen (secondary N) is 1. The van der Waals surface area contributed by atoms with Crippen LogP contribution in [-0.4, -0.2) is 42.0 Å². The Labute approximate surface area is 128 Å². The minimum atomic E-state index is -0.485. The topological polar surface area (TPSA) is 58.4 Å². The number of benzene rings is 1. The molecule has 0 radical (unpaired) electrons. The third kappa shape index (κ3) is 5.69. The highest BCUT2D eigenvalue weighted by molar-refractivity contribution is 7.80. The van der Waals surface area contributed by atoms with E-state index in [0.29, 0.717) is 22.1 Å². The fourth-order valence-electron chi connectivity index (χ4n) is 1.34. The summed E-state index contributed by atoms with van der Waals surface area (Å²) in [5.41, 5.74) is 0.308. The van der Waals surface area contributed by atoms with Gasteiger partial charge in [-0.2, -0.15) is 0 Å². The van der Waals surface area contributed by atoms with Crippen molar-refractivity contribution in [2.75, 3.05) is 27.2 Å². The van der Waals surface area contributed by atoms with E-state index >= 15 is 0 Å². The van der Waals surface area contributed by atoms with E-state index in [-0.39, 0.29) is 18.1 Å². The molecule has 0 amide bonds. The van der Waals surface area contributed by atoms with Crippen LogP contribution in [0.3, 0.4) is 0 Å². The predicted octanol–water partition coefficient (Wildman–Crippen LogP) is 2.50. The molecule has 0 bridgehead atoms. The number of likely N-dealkylation sites (N-methyl/N-ethyl adjacent to an activating group) is 1. The van der Waals surface area contributed by atoms with Gasteiger partial charge in [0, 0.05) is 24.2 Å². The van der Waals surface area contributed by atoms with Crippen LogP contribution in [0.15, 0.2) is 18.2 Å². The Kier molecular flexibility index (Phi) is 7.85. The number of nitro benzene ring substituents is 1. The third-order valence-corrected chi connectivity index (χ3v) is 2.85. The largest absolute Gasteiger partial charge is 0.374 e. The molecule has 0 aliphatic rings. The molecule has 0 aromatic heterocycles. The van der Waals surface area contributed by atoms with E-state index in [1.807, 2.05) is 19.0 Å². The van der Waals surface area contributed by atoms with Crippen molar-refractivity contribution >= 4 is 46.9 Å². The first-order valence-electron chi connectivity index (χ1n) is 5.28. The Morgan fingerprint density at radius 3 is 2.68 bits per heavy atom. The quantitative estimate of drug-likeness (QED) is 0.512. The molecule has 19 heavy (non-hydrogen) atoms. The van der Waals surface area contributed by atoms with Crippen LogP contribution >= 0.6 is 36.2 Å². The second-order valence-corrected chi connectivity index (χ2v) is 4.82. The number of hydrogen-bond donors (Lipinski definition) is 1. The molecule has 0 heterocycles. The monoisotopic (exact) mass is 323 g/mol. The van der Waals surface area contributed by atoms with Gasteiger partial charge in [-0.1, -0.05) is 23.8 Å². The molecule has 106 valence electrons. The van der Waals surface area contributed by atoms with Gasteiger partial charge in [-0.3, -0.25) is 10.1 Å². The van der Waals surface area contributed by atoms with Crippen LogP contribution in [0.25, 0.3) is 0 Å². The standard InChI is InChI=1S/C11H14ClN3O2S.ClH/c1-14(2)6-5-13-11(18)9-4-3-8(12)7-10(9)15(16)17;/h3-4,7H,5-6H2,1-2H3,(H,13,18);1H. The van der Waals surface area contributed by atoms with Gasteiger partial charge in [0.2, 0.25) is 0 Å². The molecular weight excluding hydrogens is 309 g/mol. The van der Waals surface area contributed by atoms with Crippen LogP contribution in [0, 0.1) is 10.1 Å². The molecule has 8 heteroatoms. The van der Waals surface area contributed by atoms with Crippen LogP contribution in [-0.2, 0) is 0 Å². The summed E-state index contributed by atoms with van der Waals surface area (Å²) >= 11 is 10.9. The van der Waals surface area contributed by atoms with E-state index < -0.39 is 4.92 Å². The zero-order chi connectivity index (χ0) is 13.7. The van der Waals surface area contributed by atoms with Crippen molar-refractivity contribution < 1.29 is 4.92 Å². The van der Waals surface area contributed by atoms with E-state index in [1.54, 1.807) is 12.1 Å². The van der Waals surface area contributed by atoms with Gasteiger partial charge in [0.05, 0.1) is 10.5 Å². The maximum absolute atomic E-state index is 10.9. The summed E-state index contributed by atoms with van der Waals surface area (Å²) in [5.74, 6) is 0. The van der Waals surface area contributed by atoms with E-state index in [1.165, 1.54) is 6.07 Å². The molecule has 0 spiro atoms. The number of hydrogen-bond acceptors (Lipinski definition) is 4. The normalized spacial score (nSPS) is 9.89. The number of halogens is 2. The number of thiocarbonyl (C=S) groups is 1. The van der Waals surface area contributed by atoms with Crippen LogP contribution in [0.2, 0.25) is 5.02 Å². The van der Waals surface area contributed by atoms with Gasteiger partial charge in [-0.05, 0) is 26.2 Å². The summed E-state index contributed by atoms with van der Waals surface area (Å²) in [6.07, 6.45) is 0. The van der Waals surface area contributed by atoms with Crippen LogP contribution in [0.4, 0.5) is 5.69 Å². The number of nitrogens with zero attached hydrogens (tertiary/aromatic N) is 2. The van der Waals surface area contributed by atoms with Gasteiger partial charge in [0.25, 0.3) is 5.69 Å². The van der Waals surface area contributed by atoms with Crippen molar-refractivity contribution in [2.45, 2.75) is 0 Å². The molecule has 0 atom stereocenters. The maximum Gasteiger partial charge on any atom is 0.281 e.